The Morgan fingerprint density at radius 1 is 1.33 bits per heavy atom. The lowest BCUT2D eigenvalue weighted by atomic mass is 10.0. The molecule has 1 aromatic carbocycles. The van der Waals surface area contributed by atoms with E-state index >= 15 is 0 Å². The standard InChI is InChI=1S/C12H11NO2/c14-12(15)5-4-9-2-1-3-10-8-13-7-6-11(9)10/h1-3,6-8H,4-5H2,(H,14,15). The quantitative estimate of drug-likeness (QED) is 0.828. The van der Waals surface area contributed by atoms with E-state index in [9.17, 15) is 4.79 Å². The van der Waals surface area contributed by atoms with Crippen molar-refractivity contribution in [3.05, 3.63) is 42.2 Å². The molecule has 0 saturated carbocycles. The summed E-state index contributed by atoms with van der Waals surface area (Å²) in [6.45, 7) is 0. The lowest BCUT2D eigenvalue weighted by Crippen LogP contribution is -1.97. The lowest BCUT2D eigenvalue weighted by molar-refractivity contribution is -0.136. The number of nitrogens with zero attached hydrogens (tertiary/aromatic N) is 1. The second-order valence-corrected chi connectivity index (χ2v) is 3.41. The van der Waals surface area contributed by atoms with Gasteiger partial charge in [0.05, 0.1) is 0 Å². The third-order valence-electron chi connectivity index (χ3n) is 2.38. The van der Waals surface area contributed by atoms with E-state index in [0.717, 1.165) is 16.3 Å². The predicted molar refractivity (Wildman–Crippen MR) is 57.7 cm³/mol. The van der Waals surface area contributed by atoms with Crippen LogP contribution in [0.3, 0.4) is 0 Å². The van der Waals surface area contributed by atoms with E-state index in [1.54, 1.807) is 12.4 Å². The SMILES string of the molecule is O=C(O)CCc1cccc2cnccc12. The van der Waals surface area contributed by atoms with Crippen molar-refractivity contribution in [1.29, 1.82) is 0 Å². The number of carboxylic acids is 1. The van der Waals surface area contributed by atoms with Crippen LogP contribution in [0.15, 0.2) is 36.7 Å². The highest BCUT2D eigenvalue weighted by atomic mass is 16.4. The molecule has 3 nitrogen and oxygen atoms in total. The topological polar surface area (TPSA) is 50.2 Å². The van der Waals surface area contributed by atoms with E-state index in [2.05, 4.69) is 4.98 Å². The van der Waals surface area contributed by atoms with Crippen molar-refractivity contribution >= 4 is 16.7 Å². The fourth-order valence-corrected chi connectivity index (χ4v) is 1.65. The fourth-order valence-electron chi connectivity index (χ4n) is 1.65. The number of aryl methyl sites for hydroxylation is 1. The molecule has 0 spiro atoms. The van der Waals surface area contributed by atoms with Gasteiger partial charge in [0.1, 0.15) is 0 Å². The summed E-state index contributed by atoms with van der Waals surface area (Å²) < 4.78 is 0. The molecule has 1 heterocycles. The second kappa shape index (κ2) is 4.09. The van der Waals surface area contributed by atoms with Gasteiger partial charge in [0.2, 0.25) is 0 Å². The summed E-state index contributed by atoms with van der Waals surface area (Å²) in [7, 11) is 0. The first-order chi connectivity index (χ1) is 7.27. The average Bonchev–Trinajstić information content (AvgIpc) is 2.26. The normalized spacial score (nSPS) is 10.4. The van der Waals surface area contributed by atoms with E-state index in [4.69, 9.17) is 5.11 Å². The first-order valence-corrected chi connectivity index (χ1v) is 4.81. The molecule has 0 aliphatic carbocycles. The molecule has 0 bridgehead atoms. The number of aliphatic carboxylic acids is 1. The molecule has 2 rings (SSSR count). The lowest BCUT2D eigenvalue weighted by Gasteiger charge is -2.03. The first-order valence-electron chi connectivity index (χ1n) is 4.81. The van der Waals surface area contributed by atoms with Gasteiger partial charge in [0, 0.05) is 24.2 Å². The Morgan fingerprint density at radius 3 is 3.00 bits per heavy atom. The van der Waals surface area contributed by atoms with E-state index < -0.39 is 5.97 Å². The van der Waals surface area contributed by atoms with Gasteiger partial charge in [-0.1, -0.05) is 18.2 Å². The van der Waals surface area contributed by atoms with Crippen LogP contribution in [-0.4, -0.2) is 16.1 Å². The number of carboxylic acid groups (broad SMARTS) is 1. The molecule has 0 amide bonds. The summed E-state index contributed by atoms with van der Waals surface area (Å²) in [5, 5.41) is 10.8. The molecule has 15 heavy (non-hydrogen) atoms. The summed E-state index contributed by atoms with van der Waals surface area (Å²) in [6, 6.07) is 7.80. The summed E-state index contributed by atoms with van der Waals surface area (Å²) in [5.74, 6) is -0.763. The number of hydrogen-bond donors (Lipinski definition) is 1. The minimum absolute atomic E-state index is 0.168. The maximum absolute atomic E-state index is 10.5. The molecule has 76 valence electrons. The highest BCUT2D eigenvalue weighted by Gasteiger charge is 2.03. The van der Waals surface area contributed by atoms with Crippen LogP contribution in [0.5, 0.6) is 0 Å². The highest BCUT2D eigenvalue weighted by molar-refractivity contribution is 5.85. The Kier molecular flexibility index (Phi) is 2.63. The van der Waals surface area contributed by atoms with Crippen LogP contribution in [0, 0.1) is 0 Å². The van der Waals surface area contributed by atoms with Crippen molar-refractivity contribution in [3.63, 3.8) is 0 Å². The molecule has 0 fully saturated rings. The van der Waals surface area contributed by atoms with Gasteiger partial charge in [-0.3, -0.25) is 9.78 Å². The van der Waals surface area contributed by atoms with Crippen LogP contribution in [0.4, 0.5) is 0 Å². The molecule has 1 N–H and O–H groups in total. The Labute approximate surface area is 87.4 Å². The van der Waals surface area contributed by atoms with Gasteiger partial charge in [0.25, 0.3) is 0 Å². The van der Waals surface area contributed by atoms with Gasteiger partial charge >= 0.3 is 5.97 Å². The molecule has 0 unspecified atom stereocenters. The minimum atomic E-state index is -0.763. The van der Waals surface area contributed by atoms with E-state index in [1.165, 1.54) is 0 Å². The number of rotatable bonds is 3. The van der Waals surface area contributed by atoms with Crippen LogP contribution in [0.25, 0.3) is 10.8 Å². The largest absolute Gasteiger partial charge is 0.481 e. The Balaban J connectivity index is 2.38. The highest BCUT2D eigenvalue weighted by Crippen LogP contribution is 2.18. The number of fused-ring (bicyclic) bond motifs is 1. The fraction of sp³-hybridized carbons (Fsp3) is 0.167. The Hall–Kier alpha value is -1.90. The summed E-state index contributed by atoms with van der Waals surface area (Å²) >= 11 is 0. The smallest absolute Gasteiger partial charge is 0.303 e. The summed E-state index contributed by atoms with van der Waals surface area (Å²) in [6.07, 6.45) is 4.25. The third kappa shape index (κ3) is 2.13. The number of benzene rings is 1. The number of carbonyl (C=O) groups is 1. The maximum Gasteiger partial charge on any atom is 0.303 e. The van der Waals surface area contributed by atoms with Crippen molar-refractivity contribution in [1.82, 2.24) is 4.98 Å². The summed E-state index contributed by atoms with van der Waals surface area (Å²) in [4.78, 5) is 14.5. The zero-order valence-electron chi connectivity index (χ0n) is 8.18. The van der Waals surface area contributed by atoms with Gasteiger partial charge in [-0.2, -0.15) is 0 Å². The van der Waals surface area contributed by atoms with Crippen LogP contribution >= 0.6 is 0 Å². The van der Waals surface area contributed by atoms with Crippen LogP contribution in [0.2, 0.25) is 0 Å². The monoisotopic (exact) mass is 201 g/mol. The van der Waals surface area contributed by atoms with Crippen molar-refractivity contribution in [2.24, 2.45) is 0 Å². The van der Waals surface area contributed by atoms with Crippen LogP contribution < -0.4 is 0 Å². The second-order valence-electron chi connectivity index (χ2n) is 3.41. The molecule has 0 radical (unpaired) electrons. The minimum Gasteiger partial charge on any atom is -0.481 e. The number of hydrogen-bond acceptors (Lipinski definition) is 2. The Bertz CT molecular complexity index is 488. The maximum atomic E-state index is 10.5. The third-order valence-corrected chi connectivity index (χ3v) is 2.38. The summed E-state index contributed by atoms with van der Waals surface area (Å²) in [5.41, 5.74) is 1.07. The molecule has 0 saturated heterocycles. The van der Waals surface area contributed by atoms with E-state index in [-0.39, 0.29) is 6.42 Å². The first kappa shape index (κ1) is 9.65. The Morgan fingerprint density at radius 2 is 2.20 bits per heavy atom. The van der Waals surface area contributed by atoms with E-state index in [0.29, 0.717) is 6.42 Å². The molecular weight excluding hydrogens is 190 g/mol. The van der Waals surface area contributed by atoms with Gasteiger partial charge in [-0.05, 0) is 23.4 Å². The van der Waals surface area contributed by atoms with Crippen molar-refractivity contribution in [3.8, 4) is 0 Å². The van der Waals surface area contributed by atoms with Gasteiger partial charge < -0.3 is 5.11 Å². The molecule has 1 aromatic heterocycles. The van der Waals surface area contributed by atoms with Gasteiger partial charge in [-0.25, -0.2) is 0 Å². The van der Waals surface area contributed by atoms with Gasteiger partial charge in [-0.15, -0.1) is 0 Å². The van der Waals surface area contributed by atoms with Gasteiger partial charge in [0.15, 0.2) is 0 Å². The molecule has 2 aromatic rings. The molecular formula is C12H11NO2. The van der Waals surface area contributed by atoms with Crippen molar-refractivity contribution < 1.29 is 9.90 Å². The molecule has 0 aliphatic rings. The van der Waals surface area contributed by atoms with Crippen molar-refractivity contribution in [2.45, 2.75) is 12.8 Å². The molecule has 0 atom stereocenters. The molecule has 0 aliphatic heterocycles. The van der Waals surface area contributed by atoms with Crippen LogP contribution in [0.1, 0.15) is 12.0 Å². The number of pyridine rings is 1. The predicted octanol–water partition coefficient (Wildman–Crippen LogP) is 2.25. The zero-order valence-corrected chi connectivity index (χ0v) is 8.18. The zero-order chi connectivity index (χ0) is 10.7. The average molecular weight is 201 g/mol. The number of aromatic nitrogens is 1. The van der Waals surface area contributed by atoms with E-state index in [1.807, 2.05) is 24.3 Å². The van der Waals surface area contributed by atoms with Crippen LogP contribution in [-0.2, 0) is 11.2 Å². The van der Waals surface area contributed by atoms with Crippen molar-refractivity contribution in [2.75, 3.05) is 0 Å². The molecule has 3 heteroatoms.